The standard InChI is InChI=1S/C14H15N3O3/c18-12-8-17(6-9-3-1-2-4-11(9)12)7-10-5-13(19)16-14(20)15-10/h1-5,12,18H,6-8H2,(H2,15,16,19,20). The number of benzene rings is 1. The Kier molecular flexibility index (Phi) is 3.25. The molecule has 0 fully saturated rings. The molecule has 1 aliphatic rings. The summed E-state index contributed by atoms with van der Waals surface area (Å²) >= 11 is 0. The molecule has 1 aromatic carbocycles. The third kappa shape index (κ3) is 2.56. The third-order valence-corrected chi connectivity index (χ3v) is 3.45. The number of aliphatic hydroxyl groups is 1. The Labute approximate surface area is 114 Å². The SMILES string of the molecule is O=c1cc(CN2Cc3ccccc3C(O)C2)[nH]c(=O)[nH]1. The van der Waals surface area contributed by atoms with E-state index in [4.69, 9.17) is 0 Å². The molecule has 2 heterocycles. The highest BCUT2D eigenvalue weighted by Gasteiger charge is 2.23. The molecule has 6 heteroatoms. The van der Waals surface area contributed by atoms with E-state index < -0.39 is 17.4 Å². The molecule has 1 atom stereocenters. The van der Waals surface area contributed by atoms with E-state index in [9.17, 15) is 14.7 Å². The maximum Gasteiger partial charge on any atom is 0.325 e. The summed E-state index contributed by atoms with van der Waals surface area (Å²) < 4.78 is 0. The first kappa shape index (κ1) is 12.8. The van der Waals surface area contributed by atoms with E-state index in [-0.39, 0.29) is 0 Å². The summed E-state index contributed by atoms with van der Waals surface area (Å²) in [6.45, 7) is 1.58. The van der Waals surface area contributed by atoms with Gasteiger partial charge in [-0.25, -0.2) is 4.79 Å². The monoisotopic (exact) mass is 273 g/mol. The maximum atomic E-state index is 11.3. The minimum Gasteiger partial charge on any atom is -0.387 e. The molecule has 1 aliphatic heterocycles. The second-order valence-electron chi connectivity index (χ2n) is 5.00. The van der Waals surface area contributed by atoms with E-state index in [0.29, 0.717) is 25.3 Å². The van der Waals surface area contributed by atoms with E-state index in [1.54, 1.807) is 0 Å². The maximum absolute atomic E-state index is 11.3. The van der Waals surface area contributed by atoms with Gasteiger partial charge < -0.3 is 10.1 Å². The molecule has 0 bridgehead atoms. The summed E-state index contributed by atoms with van der Waals surface area (Å²) in [5.41, 5.74) is 1.64. The Morgan fingerprint density at radius 1 is 1.25 bits per heavy atom. The van der Waals surface area contributed by atoms with Gasteiger partial charge in [0, 0.05) is 31.4 Å². The van der Waals surface area contributed by atoms with Crippen LogP contribution in [0, 0.1) is 0 Å². The van der Waals surface area contributed by atoms with Gasteiger partial charge >= 0.3 is 5.69 Å². The predicted octanol–water partition coefficient (Wildman–Crippen LogP) is 0.112. The first-order chi connectivity index (χ1) is 9.61. The lowest BCUT2D eigenvalue weighted by atomic mass is 9.97. The highest BCUT2D eigenvalue weighted by molar-refractivity contribution is 5.31. The number of H-pyrrole nitrogens is 2. The first-order valence-electron chi connectivity index (χ1n) is 6.42. The van der Waals surface area contributed by atoms with Crippen LogP contribution in [0.25, 0.3) is 0 Å². The molecular weight excluding hydrogens is 258 g/mol. The lowest BCUT2D eigenvalue weighted by Crippen LogP contribution is -2.34. The molecule has 6 nitrogen and oxygen atoms in total. The van der Waals surface area contributed by atoms with Crippen LogP contribution >= 0.6 is 0 Å². The van der Waals surface area contributed by atoms with Crippen molar-refractivity contribution < 1.29 is 5.11 Å². The molecule has 3 rings (SSSR count). The van der Waals surface area contributed by atoms with Crippen LogP contribution in [-0.2, 0) is 13.1 Å². The van der Waals surface area contributed by atoms with E-state index in [1.165, 1.54) is 6.07 Å². The van der Waals surface area contributed by atoms with Gasteiger partial charge in [-0.2, -0.15) is 0 Å². The van der Waals surface area contributed by atoms with Crippen LogP contribution in [0.15, 0.2) is 39.9 Å². The summed E-state index contributed by atoms with van der Waals surface area (Å²) in [6, 6.07) is 9.11. The van der Waals surface area contributed by atoms with Crippen LogP contribution in [0.1, 0.15) is 22.9 Å². The molecule has 0 aliphatic carbocycles. The molecule has 0 spiro atoms. The van der Waals surface area contributed by atoms with Crippen molar-refractivity contribution in [3.8, 4) is 0 Å². The number of aromatic nitrogens is 2. The molecule has 2 aromatic rings. The van der Waals surface area contributed by atoms with Gasteiger partial charge in [-0.15, -0.1) is 0 Å². The van der Waals surface area contributed by atoms with Gasteiger partial charge in [-0.05, 0) is 11.1 Å². The zero-order chi connectivity index (χ0) is 14.1. The largest absolute Gasteiger partial charge is 0.387 e. The van der Waals surface area contributed by atoms with Gasteiger partial charge in [0.25, 0.3) is 5.56 Å². The lowest BCUT2D eigenvalue weighted by molar-refractivity contribution is 0.0874. The minimum atomic E-state index is -0.548. The summed E-state index contributed by atoms with van der Waals surface area (Å²) in [7, 11) is 0. The molecular formula is C14H15N3O3. The fourth-order valence-electron chi connectivity index (χ4n) is 2.62. The van der Waals surface area contributed by atoms with Gasteiger partial charge in [0.15, 0.2) is 0 Å². The molecule has 20 heavy (non-hydrogen) atoms. The summed E-state index contributed by atoms with van der Waals surface area (Å²) in [5, 5.41) is 10.1. The van der Waals surface area contributed by atoms with Crippen molar-refractivity contribution in [3.05, 3.63) is 68.0 Å². The average molecular weight is 273 g/mol. The van der Waals surface area contributed by atoms with E-state index in [0.717, 1.165) is 11.1 Å². The highest BCUT2D eigenvalue weighted by atomic mass is 16.3. The first-order valence-corrected chi connectivity index (χ1v) is 6.42. The number of hydrogen-bond acceptors (Lipinski definition) is 4. The molecule has 1 aromatic heterocycles. The minimum absolute atomic E-state index is 0.415. The Morgan fingerprint density at radius 2 is 2.05 bits per heavy atom. The number of aliphatic hydroxyl groups excluding tert-OH is 1. The Morgan fingerprint density at radius 3 is 2.85 bits per heavy atom. The van der Waals surface area contributed by atoms with Crippen LogP contribution in [0.2, 0.25) is 0 Å². The van der Waals surface area contributed by atoms with Crippen molar-refractivity contribution in [2.24, 2.45) is 0 Å². The summed E-state index contributed by atoms with van der Waals surface area (Å²) in [4.78, 5) is 29.2. The van der Waals surface area contributed by atoms with E-state index in [1.807, 2.05) is 29.2 Å². The van der Waals surface area contributed by atoms with Crippen molar-refractivity contribution in [3.63, 3.8) is 0 Å². The van der Waals surface area contributed by atoms with Crippen molar-refractivity contribution >= 4 is 0 Å². The van der Waals surface area contributed by atoms with E-state index >= 15 is 0 Å². The third-order valence-electron chi connectivity index (χ3n) is 3.45. The van der Waals surface area contributed by atoms with Gasteiger partial charge in [0.2, 0.25) is 0 Å². The number of nitrogens with zero attached hydrogens (tertiary/aromatic N) is 1. The van der Waals surface area contributed by atoms with Crippen molar-refractivity contribution in [2.75, 3.05) is 6.54 Å². The number of rotatable bonds is 2. The van der Waals surface area contributed by atoms with Crippen molar-refractivity contribution in [1.29, 1.82) is 0 Å². The van der Waals surface area contributed by atoms with Crippen molar-refractivity contribution in [1.82, 2.24) is 14.9 Å². The summed E-state index contributed by atoms with van der Waals surface area (Å²) in [6.07, 6.45) is -0.548. The molecule has 3 N–H and O–H groups in total. The van der Waals surface area contributed by atoms with Crippen LogP contribution < -0.4 is 11.2 Å². The second kappa shape index (κ2) is 5.07. The van der Waals surface area contributed by atoms with Gasteiger partial charge in [-0.3, -0.25) is 14.7 Å². The van der Waals surface area contributed by atoms with Gasteiger partial charge in [-0.1, -0.05) is 24.3 Å². The zero-order valence-corrected chi connectivity index (χ0v) is 10.8. The predicted molar refractivity (Wildman–Crippen MR) is 73.2 cm³/mol. The molecule has 104 valence electrons. The van der Waals surface area contributed by atoms with Crippen LogP contribution in [0.5, 0.6) is 0 Å². The number of aromatic amines is 2. The van der Waals surface area contributed by atoms with Crippen LogP contribution in [0.3, 0.4) is 0 Å². The summed E-state index contributed by atoms with van der Waals surface area (Å²) in [5.74, 6) is 0. The molecule has 0 saturated heterocycles. The smallest absolute Gasteiger partial charge is 0.325 e. The van der Waals surface area contributed by atoms with Gasteiger partial charge in [0.1, 0.15) is 0 Å². The van der Waals surface area contributed by atoms with Crippen LogP contribution in [0.4, 0.5) is 0 Å². The normalized spacial score (nSPS) is 18.8. The number of nitrogens with one attached hydrogen (secondary N) is 2. The Hall–Kier alpha value is -2.18. The molecule has 1 unspecified atom stereocenters. The van der Waals surface area contributed by atoms with E-state index in [2.05, 4.69) is 9.97 Å². The number of fused-ring (bicyclic) bond motifs is 1. The number of hydrogen-bond donors (Lipinski definition) is 3. The van der Waals surface area contributed by atoms with Gasteiger partial charge in [0.05, 0.1) is 6.10 Å². The topological polar surface area (TPSA) is 89.2 Å². The quantitative estimate of drug-likeness (QED) is 0.724. The highest BCUT2D eigenvalue weighted by Crippen LogP contribution is 2.26. The Balaban J connectivity index is 1.83. The molecule has 0 amide bonds. The molecule has 0 saturated carbocycles. The second-order valence-corrected chi connectivity index (χ2v) is 5.00. The van der Waals surface area contributed by atoms with Crippen LogP contribution in [-0.4, -0.2) is 26.5 Å². The fourth-order valence-corrected chi connectivity index (χ4v) is 2.62. The average Bonchev–Trinajstić information content (AvgIpc) is 2.37. The zero-order valence-electron chi connectivity index (χ0n) is 10.8. The van der Waals surface area contributed by atoms with Crippen molar-refractivity contribution in [2.45, 2.75) is 19.2 Å². The Bertz CT molecular complexity index is 706. The number of β-amino-alcohol motifs (C(OH)–C–C–N with tert-alkyl or cyclic N) is 1. The molecule has 0 radical (unpaired) electrons. The lowest BCUT2D eigenvalue weighted by Gasteiger charge is -2.31. The fraction of sp³-hybridized carbons (Fsp3) is 0.286.